The van der Waals surface area contributed by atoms with Crippen molar-refractivity contribution in [1.29, 1.82) is 0 Å². The van der Waals surface area contributed by atoms with E-state index >= 15 is 0 Å². The van der Waals surface area contributed by atoms with E-state index in [2.05, 4.69) is 17.6 Å². The summed E-state index contributed by atoms with van der Waals surface area (Å²) in [5, 5.41) is 6.08. The number of carbonyl (C=O) groups is 1. The first-order valence-corrected chi connectivity index (χ1v) is 8.84. The van der Waals surface area contributed by atoms with Crippen molar-refractivity contribution in [1.82, 2.24) is 14.9 Å². The second-order valence-electron chi connectivity index (χ2n) is 5.66. The molecule has 2 N–H and O–H groups in total. The molecule has 1 unspecified atom stereocenters. The summed E-state index contributed by atoms with van der Waals surface area (Å²) >= 11 is 0. The summed E-state index contributed by atoms with van der Waals surface area (Å²) in [4.78, 5) is 12.4. The number of rotatable bonds is 7. The fourth-order valence-electron chi connectivity index (χ4n) is 2.63. The zero-order chi connectivity index (χ0) is 15.2. The van der Waals surface area contributed by atoms with Gasteiger partial charge in [0.25, 0.3) is 0 Å². The molecule has 0 aromatic rings. The van der Waals surface area contributed by atoms with Gasteiger partial charge < -0.3 is 10.6 Å². The number of hydrogen-bond donors (Lipinski definition) is 2. The van der Waals surface area contributed by atoms with Crippen LogP contribution in [-0.2, 0) is 14.8 Å². The van der Waals surface area contributed by atoms with Crippen LogP contribution in [0.15, 0.2) is 0 Å². The molecule has 0 aromatic heterocycles. The van der Waals surface area contributed by atoms with E-state index in [9.17, 15) is 13.2 Å². The third kappa shape index (κ3) is 4.43. The van der Waals surface area contributed by atoms with Gasteiger partial charge in [-0.1, -0.05) is 13.3 Å². The zero-order valence-electron chi connectivity index (χ0n) is 12.7. The molecule has 0 saturated carbocycles. The molecule has 7 heteroatoms. The molecule has 1 rings (SSSR count). The standard InChI is InChI=1S/C13H27N3O3S/c1-4-6-13(7-5-8-14-11-13)12(17)15-9-10-20(18,19)16(2)3/h14H,4-11H2,1-3H3,(H,15,17). The molecule has 118 valence electrons. The number of piperidine rings is 1. The topological polar surface area (TPSA) is 78.5 Å². The first-order chi connectivity index (χ1) is 9.34. The van der Waals surface area contributed by atoms with Crippen molar-refractivity contribution in [2.24, 2.45) is 5.41 Å². The summed E-state index contributed by atoms with van der Waals surface area (Å²) in [6.45, 7) is 3.88. The number of nitrogens with zero attached hydrogens (tertiary/aromatic N) is 1. The number of carbonyl (C=O) groups excluding carboxylic acids is 1. The Morgan fingerprint density at radius 3 is 2.60 bits per heavy atom. The summed E-state index contributed by atoms with van der Waals surface area (Å²) in [7, 11) is -0.252. The van der Waals surface area contributed by atoms with Crippen LogP contribution in [0.5, 0.6) is 0 Å². The van der Waals surface area contributed by atoms with Crippen molar-refractivity contribution in [3.8, 4) is 0 Å². The first kappa shape index (κ1) is 17.4. The molecule has 1 saturated heterocycles. The summed E-state index contributed by atoms with van der Waals surface area (Å²) in [6, 6.07) is 0. The Balaban J connectivity index is 2.55. The number of amides is 1. The maximum absolute atomic E-state index is 12.4. The van der Waals surface area contributed by atoms with Gasteiger partial charge in [-0.15, -0.1) is 0 Å². The van der Waals surface area contributed by atoms with Crippen LogP contribution in [0.2, 0.25) is 0 Å². The predicted molar refractivity (Wildman–Crippen MR) is 79.9 cm³/mol. The Morgan fingerprint density at radius 1 is 1.40 bits per heavy atom. The van der Waals surface area contributed by atoms with Gasteiger partial charge in [0.2, 0.25) is 15.9 Å². The van der Waals surface area contributed by atoms with Crippen LogP contribution in [-0.4, -0.2) is 58.1 Å². The Bertz CT molecular complexity index is 409. The van der Waals surface area contributed by atoms with Gasteiger partial charge in [-0.3, -0.25) is 4.79 Å². The molecular formula is C13H27N3O3S. The highest BCUT2D eigenvalue weighted by molar-refractivity contribution is 7.89. The lowest BCUT2D eigenvalue weighted by atomic mass is 9.76. The molecule has 0 spiro atoms. The van der Waals surface area contributed by atoms with E-state index in [-0.39, 0.29) is 23.6 Å². The summed E-state index contributed by atoms with van der Waals surface area (Å²) in [6.07, 6.45) is 3.65. The lowest BCUT2D eigenvalue weighted by molar-refractivity contribution is -0.132. The summed E-state index contributed by atoms with van der Waals surface area (Å²) in [5.74, 6) is -0.0676. The largest absolute Gasteiger partial charge is 0.355 e. The second kappa shape index (κ2) is 7.38. The predicted octanol–water partition coefficient (Wildman–Crippen LogP) is 0.164. The summed E-state index contributed by atoms with van der Waals surface area (Å²) < 4.78 is 24.5. The minimum Gasteiger partial charge on any atom is -0.355 e. The van der Waals surface area contributed by atoms with E-state index in [1.54, 1.807) is 0 Å². The first-order valence-electron chi connectivity index (χ1n) is 7.23. The minimum absolute atomic E-state index is 0.0134. The molecule has 1 fully saturated rings. The van der Waals surface area contributed by atoms with Gasteiger partial charge in [0, 0.05) is 27.2 Å². The van der Waals surface area contributed by atoms with Gasteiger partial charge >= 0.3 is 0 Å². The number of nitrogens with one attached hydrogen (secondary N) is 2. The quantitative estimate of drug-likeness (QED) is 0.702. The Kier molecular flexibility index (Phi) is 6.42. The monoisotopic (exact) mass is 305 g/mol. The second-order valence-corrected chi connectivity index (χ2v) is 7.97. The molecule has 0 aromatic carbocycles. The Hall–Kier alpha value is -0.660. The molecule has 0 radical (unpaired) electrons. The lowest BCUT2D eigenvalue weighted by Gasteiger charge is -2.36. The molecular weight excluding hydrogens is 278 g/mol. The molecule has 1 aliphatic rings. The fourth-order valence-corrected chi connectivity index (χ4v) is 3.36. The van der Waals surface area contributed by atoms with Crippen LogP contribution in [0.1, 0.15) is 32.6 Å². The smallest absolute Gasteiger partial charge is 0.227 e. The Morgan fingerprint density at radius 2 is 2.10 bits per heavy atom. The summed E-state index contributed by atoms with van der Waals surface area (Å²) in [5.41, 5.74) is -0.366. The van der Waals surface area contributed by atoms with Crippen LogP contribution in [0.25, 0.3) is 0 Å². The van der Waals surface area contributed by atoms with Gasteiger partial charge in [-0.25, -0.2) is 12.7 Å². The zero-order valence-corrected chi connectivity index (χ0v) is 13.6. The highest BCUT2D eigenvalue weighted by Gasteiger charge is 2.38. The van der Waals surface area contributed by atoms with Gasteiger partial charge in [0.15, 0.2) is 0 Å². The van der Waals surface area contributed by atoms with E-state index < -0.39 is 10.0 Å². The molecule has 6 nitrogen and oxygen atoms in total. The van der Waals surface area contributed by atoms with Gasteiger partial charge in [0.05, 0.1) is 11.2 Å². The highest BCUT2D eigenvalue weighted by atomic mass is 32.2. The lowest BCUT2D eigenvalue weighted by Crippen LogP contribution is -2.51. The van der Waals surface area contributed by atoms with Crippen LogP contribution in [0, 0.1) is 5.41 Å². The van der Waals surface area contributed by atoms with E-state index in [1.807, 2.05) is 0 Å². The van der Waals surface area contributed by atoms with Gasteiger partial charge in [-0.05, 0) is 25.8 Å². The van der Waals surface area contributed by atoms with Gasteiger partial charge in [-0.2, -0.15) is 0 Å². The molecule has 1 atom stereocenters. The third-order valence-electron chi connectivity index (χ3n) is 3.88. The average Bonchev–Trinajstić information content (AvgIpc) is 2.39. The molecule has 0 bridgehead atoms. The Labute approximate surface area is 122 Å². The van der Waals surface area contributed by atoms with Crippen molar-refractivity contribution in [2.45, 2.75) is 32.6 Å². The molecule has 1 heterocycles. The highest BCUT2D eigenvalue weighted by Crippen LogP contribution is 2.31. The van der Waals surface area contributed by atoms with Crippen molar-refractivity contribution < 1.29 is 13.2 Å². The van der Waals surface area contributed by atoms with Crippen molar-refractivity contribution in [3.63, 3.8) is 0 Å². The fraction of sp³-hybridized carbons (Fsp3) is 0.923. The van der Waals surface area contributed by atoms with Crippen LogP contribution >= 0.6 is 0 Å². The SMILES string of the molecule is CCCC1(C(=O)NCCS(=O)(=O)N(C)C)CCCNC1. The van der Waals surface area contributed by atoms with Crippen LogP contribution in [0.4, 0.5) is 0 Å². The van der Waals surface area contributed by atoms with Gasteiger partial charge in [0.1, 0.15) is 0 Å². The average molecular weight is 305 g/mol. The maximum Gasteiger partial charge on any atom is 0.227 e. The normalized spacial score (nSPS) is 23.8. The molecule has 0 aliphatic carbocycles. The van der Waals surface area contributed by atoms with Crippen LogP contribution in [0.3, 0.4) is 0 Å². The minimum atomic E-state index is -3.25. The van der Waals surface area contributed by atoms with Crippen molar-refractivity contribution in [3.05, 3.63) is 0 Å². The van der Waals surface area contributed by atoms with E-state index in [0.717, 1.165) is 32.2 Å². The van der Waals surface area contributed by atoms with Crippen molar-refractivity contribution >= 4 is 15.9 Å². The number of hydrogen-bond acceptors (Lipinski definition) is 4. The van der Waals surface area contributed by atoms with E-state index in [4.69, 9.17) is 0 Å². The maximum atomic E-state index is 12.4. The number of sulfonamides is 1. The molecule has 1 aliphatic heterocycles. The molecule has 20 heavy (non-hydrogen) atoms. The van der Waals surface area contributed by atoms with E-state index in [1.165, 1.54) is 18.4 Å². The van der Waals surface area contributed by atoms with E-state index in [0.29, 0.717) is 6.54 Å². The third-order valence-corrected chi connectivity index (χ3v) is 5.72. The molecule has 1 amide bonds. The van der Waals surface area contributed by atoms with Crippen LogP contribution < -0.4 is 10.6 Å². The van der Waals surface area contributed by atoms with Crippen molar-refractivity contribution in [2.75, 3.05) is 39.5 Å².